The van der Waals surface area contributed by atoms with Gasteiger partial charge in [-0.15, -0.1) is 0 Å². The number of carbonyl (C=O) groups excluding carboxylic acids is 1. The van der Waals surface area contributed by atoms with Gasteiger partial charge in [-0.25, -0.2) is 4.79 Å². The summed E-state index contributed by atoms with van der Waals surface area (Å²) in [5.41, 5.74) is 7.72. The van der Waals surface area contributed by atoms with E-state index in [0.717, 1.165) is 10.0 Å². The summed E-state index contributed by atoms with van der Waals surface area (Å²) in [6.45, 7) is 4.21. The molecule has 106 valence electrons. The average molecular weight is 337 g/mol. The molecule has 2 rings (SSSR count). The molecule has 0 saturated carbocycles. The highest BCUT2D eigenvalue weighted by atomic mass is 79.9. The number of rotatable bonds is 4. The van der Waals surface area contributed by atoms with Crippen molar-refractivity contribution < 1.29 is 9.53 Å². The van der Waals surface area contributed by atoms with E-state index in [1.54, 1.807) is 12.3 Å². The van der Waals surface area contributed by atoms with Crippen LogP contribution >= 0.6 is 15.9 Å². The minimum atomic E-state index is -0.369. The summed E-state index contributed by atoms with van der Waals surface area (Å²) >= 11 is 3.43. The lowest BCUT2D eigenvalue weighted by molar-refractivity contribution is 0.0457. The van der Waals surface area contributed by atoms with Gasteiger partial charge in [0.05, 0.1) is 5.69 Å². The van der Waals surface area contributed by atoms with Gasteiger partial charge in [-0.05, 0) is 26.0 Å². The molecule has 0 amide bonds. The van der Waals surface area contributed by atoms with E-state index in [2.05, 4.69) is 15.9 Å². The second-order valence-corrected chi connectivity index (χ2v) is 5.68. The number of nitrogen functional groups attached to an aromatic ring is 1. The summed E-state index contributed by atoms with van der Waals surface area (Å²) in [5.74, 6) is -0.369. The molecule has 0 spiro atoms. The lowest BCUT2D eigenvalue weighted by Crippen LogP contribution is -2.13. The van der Waals surface area contributed by atoms with Crippen molar-refractivity contribution >= 4 is 27.6 Å². The van der Waals surface area contributed by atoms with Crippen molar-refractivity contribution in [1.82, 2.24) is 4.57 Å². The SMILES string of the molecule is CC(C)n1cc(N)cc1C(=O)OCc1ccccc1Br. The first-order chi connectivity index (χ1) is 9.49. The maximum absolute atomic E-state index is 12.2. The van der Waals surface area contributed by atoms with Crippen LogP contribution in [0.25, 0.3) is 0 Å². The highest BCUT2D eigenvalue weighted by Gasteiger charge is 2.16. The molecule has 0 saturated heterocycles. The number of hydrogen-bond donors (Lipinski definition) is 1. The Labute approximate surface area is 126 Å². The Hall–Kier alpha value is -1.75. The van der Waals surface area contributed by atoms with Crippen LogP contribution < -0.4 is 5.73 Å². The monoisotopic (exact) mass is 336 g/mol. The minimum Gasteiger partial charge on any atom is -0.456 e. The number of aromatic nitrogens is 1. The fourth-order valence-corrected chi connectivity index (χ4v) is 2.32. The Morgan fingerprint density at radius 2 is 2.10 bits per heavy atom. The fraction of sp³-hybridized carbons (Fsp3) is 0.267. The highest BCUT2D eigenvalue weighted by molar-refractivity contribution is 9.10. The average Bonchev–Trinajstić information content (AvgIpc) is 2.80. The molecule has 2 aromatic rings. The van der Waals surface area contributed by atoms with Crippen molar-refractivity contribution in [3.63, 3.8) is 0 Å². The zero-order valence-electron chi connectivity index (χ0n) is 11.5. The molecule has 5 heteroatoms. The standard InChI is InChI=1S/C15H17BrN2O2/c1-10(2)18-8-12(17)7-14(18)15(19)20-9-11-5-3-4-6-13(11)16/h3-8,10H,9,17H2,1-2H3. The van der Waals surface area contributed by atoms with Crippen molar-refractivity contribution in [2.75, 3.05) is 5.73 Å². The first-order valence-corrected chi connectivity index (χ1v) is 7.16. The summed E-state index contributed by atoms with van der Waals surface area (Å²) < 4.78 is 8.09. The van der Waals surface area contributed by atoms with Gasteiger partial charge in [-0.3, -0.25) is 0 Å². The smallest absolute Gasteiger partial charge is 0.355 e. The normalized spacial score (nSPS) is 10.8. The number of carbonyl (C=O) groups is 1. The number of esters is 1. The van der Waals surface area contributed by atoms with Crippen LogP contribution in [0.1, 0.15) is 35.9 Å². The van der Waals surface area contributed by atoms with Gasteiger partial charge < -0.3 is 15.0 Å². The van der Waals surface area contributed by atoms with Gasteiger partial charge in [0.2, 0.25) is 0 Å². The molecular weight excluding hydrogens is 320 g/mol. The second-order valence-electron chi connectivity index (χ2n) is 4.83. The third-order valence-corrected chi connectivity index (χ3v) is 3.73. The molecule has 4 nitrogen and oxygen atoms in total. The molecule has 0 aliphatic carbocycles. The van der Waals surface area contributed by atoms with Gasteiger partial charge in [-0.1, -0.05) is 34.1 Å². The summed E-state index contributed by atoms with van der Waals surface area (Å²) in [5, 5.41) is 0. The zero-order valence-corrected chi connectivity index (χ0v) is 13.1. The predicted octanol–water partition coefficient (Wildman–Crippen LogP) is 3.77. The van der Waals surface area contributed by atoms with Crippen LogP contribution in [0.3, 0.4) is 0 Å². The van der Waals surface area contributed by atoms with Crippen LogP contribution in [0, 0.1) is 0 Å². The van der Waals surface area contributed by atoms with E-state index in [1.165, 1.54) is 0 Å². The third kappa shape index (κ3) is 3.22. The summed E-state index contributed by atoms with van der Waals surface area (Å²) in [7, 11) is 0. The van der Waals surface area contributed by atoms with Gasteiger partial charge >= 0.3 is 5.97 Å². The molecule has 0 bridgehead atoms. The molecule has 2 N–H and O–H groups in total. The van der Waals surface area contributed by atoms with Crippen LogP contribution in [-0.4, -0.2) is 10.5 Å². The van der Waals surface area contributed by atoms with E-state index in [0.29, 0.717) is 11.4 Å². The minimum absolute atomic E-state index is 0.151. The Kier molecular flexibility index (Phi) is 4.49. The second kappa shape index (κ2) is 6.13. The number of hydrogen-bond acceptors (Lipinski definition) is 3. The van der Waals surface area contributed by atoms with Crippen molar-refractivity contribution in [2.24, 2.45) is 0 Å². The first-order valence-electron chi connectivity index (χ1n) is 6.37. The van der Waals surface area contributed by atoms with E-state index < -0.39 is 0 Å². The van der Waals surface area contributed by atoms with Crippen LogP contribution in [0.5, 0.6) is 0 Å². The summed E-state index contributed by atoms with van der Waals surface area (Å²) in [4.78, 5) is 12.2. The van der Waals surface area contributed by atoms with Gasteiger partial charge in [0, 0.05) is 22.3 Å². The number of anilines is 1. The van der Waals surface area contributed by atoms with E-state index in [4.69, 9.17) is 10.5 Å². The van der Waals surface area contributed by atoms with E-state index >= 15 is 0 Å². The number of ether oxygens (including phenoxy) is 1. The molecule has 1 aromatic carbocycles. The van der Waals surface area contributed by atoms with Crippen LogP contribution in [0.2, 0.25) is 0 Å². The molecule has 20 heavy (non-hydrogen) atoms. The van der Waals surface area contributed by atoms with E-state index in [1.807, 2.05) is 42.7 Å². The van der Waals surface area contributed by atoms with Crippen molar-refractivity contribution in [3.05, 3.63) is 52.3 Å². The molecule has 1 heterocycles. The Morgan fingerprint density at radius 3 is 2.75 bits per heavy atom. The summed E-state index contributed by atoms with van der Waals surface area (Å²) in [6.07, 6.45) is 1.75. The largest absolute Gasteiger partial charge is 0.456 e. The molecule has 0 atom stereocenters. The van der Waals surface area contributed by atoms with Gasteiger partial charge in [0.1, 0.15) is 12.3 Å². The number of halogens is 1. The van der Waals surface area contributed by atoms with Crippen molar-refractivity contribution in [3.8, 4) is 0 Å². The van der Waals surface area contributed by atoms with Crippen molar-refractivity contribution in [2.45, 2.75) is 26.5 Å². The zero-order chi connectivity index (χ0) is 14.7. The van der Waals surface area contributed by atoms with Gasteiger partial charge in [0.25, 0.3) is 0 Å². The van der Waals surface area contributed by atoms with Crippen LogP contribution in [-0.2, 0) is 11.3 Å². The van der Waals surface area contributed by atoms with Gasteiger partial charge in [0.15, 0.2) is 0 Å². The highest BCUT2D eigenvalue weighted by Crippen LogP contribution is 2.20. The molecule has 0 unspecified atom stereocenters. The number of nitrogens with two attached hydrogens (primary N) is 1. The Bertz CT molecular complexity index is 620. The lowest BCUT2D eigenvalue weighted by Gasteiger charge is -2.12. The lowest BCUT2D eigenvalue weighted by atomic mass is 10.2. The molecule has 0 aliphatic rings. The van der Waals surface area contributed by atoms with Crippen molar-refractivity contribution in [1.29, 1.82) is 0 Å². The molecule has 1 aromatic heterocycles. The Balaban J connectivity index is 2.11. The van der Waals surface area contributed by atoms with E-state index in [-0.39, 0.29) is 18.6 Å². The summed E-state index contributed by atoms with van der Waals surface area (Å²) in [6, 6.07) is 9.44. The topological polar surface area (TPSA) is 57.2 Å². The number of benzene rings is 1. The first kappa shape index (κ1) is 14.7. The predicted molar refractivity (Wildman–Crippen MR) is 82.5 cm³/mol. The Morgan fingerprint density at radius 1 is 1.40 bits per heavy atom. The quantitative estimate of drug-likeness (QED) is 0.864. The third-order valence-electron chi connectivity index (χ3n) is 2.95. The maximum atomic E-state index is 12.2. The van der Waals surface area contributed by atoms with E-state index in [9.17, 15) is 4.79 Å². The maximum Gasteiger partial charge on any atom is 0.355 e. The van der Waals surface area contributed by atoms with Gasteiger partial charge in [-0.2, -0.15) is 0 Å². The molecule has 0 aliphatic heterocycles. The number of nitrogens with zero attached hydrogens (tertiary/aromatic N) is 1. The fourth-order valence-electron chi connectivity index (χ4n) is 1.92. The van der Waals surface area contributed by atoms with Crippen LogP contribution in [0.4, 0.5) is 5.69 Å². The molecule has 0 fully saturated rings. The molecule has 0 radical (unpaired) electrons. The molecular formula is C15H17BrN2O2. The van der Waals surface area contributed by atoms with Crippen LogP contribution in [0.15, 0.2) is 41.0 Å².